The number of nitrogens with two attached hydrogens (primary N) is 1. The minimum absolute atomic E-state index is 0.247. The van der Waals surface area contributed by atoms with Crippen LogP contribution >= 0.6 is 0 Å². The van der Waals surface area contributed by atoms with E-state index in [9.17, 15) is 0 Å². The molecule has 1 aliphatic rings. The normalized spacial score (nSPS) is 27.5. The van der Waals surface area contributed by atoms with Crippen LogP contribution in [0.3, 0.4) is 0 Å². The molecule has 2 N–H and O–H groups in total. The van der Waals surface area contributed by atoms with Crippen LogP contribution in [0.15, 0.2) is 6.33 Å². The number of aromatic nitrogens is 2. The first-order valence-electron chi connectivity index (χ1n) is 7.22. The van der Waals surface area contributed by atoms with Gasteiger partial charge in [0.25, 0.3) is 0 Å². The van der Waals surface area contributed by atoms with Crippen molar-refractivity contribution in [3.63, 3.8) is 0 Å². The Morgan fingerprint density at radius 3 is 2.74 bits per heavy atom. The van der Waals surface area contributed by atoms with Gasteiger partial charge in [0, 0.05) is 0 Å². The Morgan fingerprint density at radius 1 is 1.32 bits per heavy atom. The quantitative estimate of drug-likeness (QED) is 0.909. The molecule has 1 saturated carbocycles. The topological polar surface area (TPSA) is 61.0 Å². The second-order valence-corrected chi connectivity index (χ2v) is 6.17. The van der Waals surface area contributed by atoms with Crippen LogP contribution in [-0.4, -0.2) is 16.1 Å². The summed E-state index contributed by atoms with van der Waals surface area (Å²) in [7, 11) is 0. The molecule has 1 aromatic heterocycles. The lowest BCUT2D eigenvalue weighted by Crippen LogP contribution is -2.36. The summed E-state index contributed by atoms with van der Waals surface area (Å²) in [5.74, 6) is 3.12. The summed E-state index contributed by atoms with van der Waals surface area (Å²) in [6, 6.07) is 0. The number of rotatable bonds is 3. The van der Waals surface area contributed by atoms with Gasteiger partial charge >= 0.3 is 0 Å². The van der Waals surface area contributed by atoms with Crippen LogP contribution in [0.25, 0.3) is 0 Å². The second-order valence-electron chi connectivity index (χ2n) is 6.17. The van der Waals surface area contributed by atoms with Gasteiger partial charge in [0.2, 0.25) is 5.88 Å². The summed E-state index contributed by atoms with van der Waals surface area (Å²) in [6.45, 7) is 8.77. The Morgan fingerprint density at radius 2 is 2.05 bits per heavy atom. The van der Waals surface area contributed by atoms with Crippen molar-refractivity contribution >= 4 is 5.82 Å². The van der Waals surface area contributed by atoms with Crippen molar-refractivity contribution in [3.8, 4) is 5.88 Å². The highest BCUT2D eigenvalue weighted by molar-refractivity contribution is 5.43. The van der Waals surface area contributed by atoms with Gasteiger partial charge in [-0.05, 0) is 37.5 Å². The first-order chi connectivity index (χ1) is 8.99. The predicted octanol–water partition coefficient (Wildman–Crippen LogP) is 3.21. The van der Waals surface area contributed by atoms with E-state index in [0.29, 0.717) is 23.5 Å². The van der Waals surface area contributed by atoms with Crippen molar-refractivity contribution in [2.24, 2.45) is 17.8 Å². The number of ether oxygens (including phenoxy) is 1. The van der Waals surface area contributed by atoms with Crippen molar-refractivity contribution < 1.29 is 4.74 Å². The van der Waals surface area contributed by atoms with Gasteiger partial charge in [0.1, 0.15) is 18.2 Å². The highest BCUT2D eigenvalue weighted by atomic mass is 16.5. The zero-order chi connectivity index (χ0) is 14.0. The molecule has 0 aromatic carbocycles. The second kappa shape index (κ2) is 5.76. The molecule has 1 aromatic rings. The minimum atomic E-state index is 0.247. The number of hydrogen-bond donors (Lipinski definition) is 1. The van der Waals surface area contributed by atoms with Crippen LogP contribution < -0.4 is 10.5 Å². The van der Waals surface area contributed by atoms with Crippen molar-refractivity contribution in [3.05, 3.63) is 11.9 Å². The van der Waals surface area contributed by atoms with E-state index < -0.39 is 0 Å². The largest absolute Gasteiger partial charge is 0.474 e. The number of nitrogens with zero attached hydrogens (tertiary/aromatic N) is 2. The molecule has 4 heteroatoms. The lowest BCUT2D eigenvalue weighted by Gasteiger charge is -2.37. The molecule has 19 heavy (non-hydrogen) atoms. The summed E-state index contributed by atoms with van der Waals surface area (Å²) in [5.41, 5.74) is 6.67. The van der Waals surface area contributed by atoms with Crippen molar-refractivity contribution in [2.75, 3.05) is 5.73 Å². The van der Waals surface area contributed by atoms with E-state index in [1.807, 2.05) is 6.92 Å². The Balaban J connectivity index is 2.16. The number of hydrogen-bond acceptors (Lipinski definition) is 4. The van der Waals surface area contributed by atoms with Gasteiger partial charge < -0.3 is 10.5 Å². The van der Waals surface area contributed by atoms with Gasteiger partial charge in [-0.1, -0.05) is 27.2 Å². The standard InChI is InChI=1S/C15H25N3O/c1-9(2)12-6-5-10(3)7-13(12)19-15-11(4)14(16)17-8-18-15/h8-10,12-13H,5-7H2,1-4H3,(H2,16,17,18). The Hall–Kier alpha value is -1.32. The van der Waals surface area contributed by atoms with E-state index in [2.05, 4.69) is 30.7 Å². The molecule has 0 radical (unpaired) electrons. The van der Waals surface area contributed by atoms with Gasteiger partial charge in [-0.3, -0.25) is 0 Å². The molecule has 0 amide bonds. The highest BCUT2D eigenvalue weighted by Gasteiger charge is 2.32. The third kappa shape index (κ3) is 3.17. The maximum absolute atomic E-state index is 6.18. The number of anilines is 1. The van der Waals surface area contributed by atoms with Gasteiger partial charge in [-0.25, -0.2) is 9.97 Å². The van der Waals surface area contributed by atoms with Crippen LogP contribution in [-0.2, 0) is 0 Å². The zero-order valence-corrected chi connectivity index (χ0v) is 12.4. The average Bonchev–Trinajstić information content (AvgIpc) is 2.35. The Kier molecular flexibility index (Phi) is 4.27. The van der Waals surface area contributed by atoms with Gasteiger partial charge in [0.05, 0.1) is 5.56 Å². The molecule has 1 aliphatic carbocycles. The van der Waals surface area contributed by atoms with Crippen molar-refractivity contribution in [2.45, 2.75) is 53.1 Å². The monoisotopic (exact) mass is 263 g/mol. The van der Waals surface area contributed by atoms with E-state index in [1.165, 1.54) is 19.2 Å². The Bertz CT molecular complexity index is 433. The van der Waals surface area contributed by atoms with E-state index in [4.69, 9.17) is 10.5 Å². The molecule has 1 heterocycles. The van der Waals surface area contributed by atoms with Crippen molar-refractivity contribution in [1.29, 1.82) is 0 Å². The van der Waals surface area contributed by atoms with Crippen LogP contribution in [0.2, 0.25) is 0 Å². The fraction of sp³-hybridized carbons (Fsp3) is 0.733. The third-order valence-electron chi connectivity index (χ3n) is 4.30. The first-order valence-corrected chi connectivity index (χ1v) is 7.22. The van der Waals surface area contributed by atoms with Crippen molar-refractivity contribution in [1.82, 2.24) is 9.97 Å². The van der Waals surface area contributed by atoms with Crippen LogP contribution in [0.1, 0.15) is 45.6 Å². The summed E-state index contributed by atoms with van der Waals surface area (Å²) in [6.07, 6.45) is 5.37. The molecule has 0 aliphatic heterocycles. The molecule has 0 spiro atoms. The minimum Gasteiger partial charge on any atom is -0.474 e. The molecular weight excluding hydrogens is 238 g/mol. The number of nitrogen functional groups attached to an aromatic ring is 1. The lowest BCUT2D eigenvalue weighted by atomic mass is 9.75. The molecule has 3 atom stereocenters. The van der Waals surface area contributed by atoms with E-state index >= 15 is 0 Å². The molecule has 1 fully saturated rings. The van der Waals surface area contributed by atoms with Gasteiger partial charge in [-0.2, -0.15) is 0 Å². The third-order valence-corrected chi connectivity index (χ3v) is 4.30. The lowest BCUT2D eigenvalue weighted by molar-refractivity contribution is 0.0420. The molecule has 2 rings (SSSR count). The van der Waals surface area contributed by atoms with Gasteiger partial charge in [0.15, 0.2) is 0 Å². The summed E-state index contributed by atoms with van der Waals surface area (Å²) < 4.78 is 6.18. The molecule has 106 valence electrons. The molecule has 0 bridgehead atoms. The molecule has 3 unspecified atom stereocenters. The predicted molar refractivity (Wildman–Crippen MR) is 76.9 cm³/mol. The zero-order valence-electron chi connectivity index (χ0n) is 12.4. The fourth-order valence-corrected chi connectivity index (χ4v) is 2.96. The van der Waals surface area contributed by atoms with Gasteiger partial charge in [-0.15, -0.1) is 0 Å². The maximum Gasteiger partial charge on any atom is 0.221 e. The first kappa shape index (κ1) is 14.1. The molecule has 0 saturated heterocycles. The molecule has 4 nitrogen and oxygen atoms in total. The summed E-state index contributed by atoms with van der Waals surface area (Å²) >= 11 is 0. The summed E-state index contributed by atoms with van der Waals surface area (Å²) in [5, 5.41) is 0. The van der Waals surface area contributed by atoms with E-state index in [0.717, 1.165) is 17.9 Å². The smallest absolute Gasteiger partial charge is 0.221 e. The summed E-state index contributed by atoms with van der Waals surface area (Å²) in [4.78, 5) is 8.23. The molecular formula is C15H25N3O. The van der Waals surface area contributed by atoms with E-state index in [1.54, 1.807) is 0 Å². The van der Waals surface area contributed by atoms with Crippen LogP contribution in [0.4, 0.5) is 5.82 Å². The average molecular weight is 263 g/mol. The Labute approximate surface area is 115 Å². The fourth-order valence-electron chi connectivity index (χ4n) is 2.96. The highest BCUT2D eigenvalue weighted by Crippen LogP contribution is 2.36. The SMILES string of the molecule is Cc1c(N)ncnc1OC1CC(C)CCC1C(C)C. The van der Waals surface area contributed by atoms with Crippen LogP contribution in [0.5, 0.6) is 5.88 Å². The van der Waals surface area contributed by atoms with Crippen LogP contribution in [0, 0.1) is 24.7 Å². The van der Waals surface area contributed by atoms with E-state index in [-0.39, 0.29) is 6.10 Å². The maximum atomic E-state index is 6.18.